The molecule has 7 nitrogen and oxygen atoms in total. The van der Waals surface area contributed by atoms with Crippen LogP contribution in [0.1, 0.15) is 26.3 Å². The topological polar surface area (TPSA) is 100 Å². The van der Waals surface area contributed by atoms with Crippen molar-refractivity contribution in [3.8, 4) is 17.0 Å². The minimum Gasteiger partial charge on any atom is -0.392 e. The van der Waals surface area contributed by atoms with Gasteiger partial charge in [-0.25, -0.2) is 13.2 Å². The maximum absolute atomic E-state index is 13.2. The van der Waals surface area contributed by atoms with Gasteiger partial charge >= 0.3 is 6.09 Å². The van der Waals surface area contributed by atoms with Crippen molar-refractivity contribution >= 4 is 50.0 Å². The van der Waals surface area contributed by atoms with Crippen molar-refractivity contribution in [2.24, 2.45) is 0 Å². The molecule has 0 aliphatic rings. The van der Waals surface area contributed by atoms with Gasteiger partial charge in [0.1, 0.15) is 0 Å². The van der Waals surface area contributed by atoms with E-state index < -0.39 is 16.1 Å². The number of H-pyrrole nitrogens is 1. The Labute approximate surface area is 238 Å². The molecule has 1 heterocycles. The summed E-state index contributed by atoms with van der Waals surface area (Å²) >= 11 is 6.17. The molecule has 5 rings (SSSR count). The highest BCUT2D eigenvalue weighted by Gasteiger charge is 2.21. The molecule has 4 aromatic carbocycles. The lowest BCUT2D eigenvalue weighted by Crippen LogP contribution is -2.17. The Morgan fingerprint density at radius 1 is 0.875 bits per heavy atom. The van der Waals surface area contributed by atoms with Crippen molar-refractivity contribution in [1.29, 1.82) is 0 Å². The van der Waals surface area contributed by atoms with Crippen molar-refractivity contribution in [2.75, 3.05) is 10.0 Å². The van der Waals surface area contributed by atoms with Crippen LogP contribution in [0.2, 0.25) is 5.02 Å². The third-order valence-corrected chi connectivity index (χ3v) is 8.14. The zero-order valence-electron chi connectivity index (χ0n) is 22.2. The van der Waals surface area contributed by atoms with E-state index in [-0.39, 0.29) is 16.2 Å². The number of rotatable bonds is 6. The Morgan fingerprint density at radius 2 is 1.55 bits per heavy atom. The zero-order valence-corrected chi connectivity index (χ0v) is 23.7. The lowest BCUT2D eigenvalue weighted by molar-refractivity contribution is 0.214. The number of ether oxygens (including phenoxy) is 1. The lowest BCUT2D eigenvalue weighted by Gasteiger charge is -2.19. The van der Waals surface area contributed by atoms with E-state index in [0.29, 0.717) is 32.9 Å². The molecule has 9 heteroatoms. The fourth-order valence-electron chi connectivity index (χ4n) is 4.34. The fourth-order valence-corrected chi connectivity index (χ4v) is 5.57. The second kappa shape index (κ2) is 10.7. The molecule has 3 N–H and O–H groups in total. The third-order valence-electron chi connectivity index (χ3n) is 6.41. The van der Waals surface area contributed by atoms with Crippen LogP contribution in [0.25, 0.3) is 22.0 Å². The van der Waals surface area contributed by atoms with Crippen LogP contribution in [0.5, 0.6) is 5.88 Å². The normalized spacial score (nSPS) is 11.8. The monoisotopic (exact) mass is 573 g/mol. The first-order chi connectivity index (χ1) is 19.0. The summed E-state index contributed by atoms with van der Waals surface area (Å²) in [7, 11) is -3.84. The maximum atomic E-state index is 13.2. The Balaban J connectivity index is 1.48. The number of amides is 1. The maximum Gasteiger partial charge on any atom is 0.418 e. The molecule has 0 spiro atoms. The summed E-state index contributed by atoms with van der Waals surface area (Å²) < 4.78 is 34.8. The van der Waals surface area contributed by atoms with Gasteiger partial charge < -0.3 is 9.72 Å². The van der Waals surface area contributed by atoms with Gasteiger partial charge in [0.2, 0.25) is 5.88 Å². The van der Waals surface area contributed by atoms with Gasteiger partial charge in [0, 0.05) is 16.6 Å². The molecule has 0 radical (unpaired) electrons. The van der Waals surface area contributed by atoms with Gasteiger partial charge in [-0.2, -0.15) is 0 Å². The van der Waals surface area contributed by atoms with E-state index in [0.717, 1.165) is 11.1 Å². The van der Waals surface area contributed by atoms with Crippen molar-refractivity contribution in [1.82, 2.24) is 4.98 Å². The third kappa shape index (κ3) is 5.83. The molecular weight excluding hydrogens is 546 g/mol. The minimum absolute atomic E-state index is 0.0904. The molecule has 0 aliphatic carbocycles. The standard InChI is InChI=1S/C31H28ClN3O4S/c1-31(2,3)21-13-16-23(17-14-21)40(37,38)35-22-15-18-26-24(19-22)28(20-9-5-4-6-10-20)29(33-26)39-30(36)34-27-12-8-7-11-25(27)32/h4-19,33,35H,1-3H3,(H,34,36). The van der Waals surface area contributed by atoms with E-state index in [4.69, 9.17) is 16.3 Å². The summed E-state index contributed by atoms with van der Waals surface area (Å²) in [5.41, 5.74) is 3.80. The second-order valence-electron chi connectivity index (χ2n) is 10.3. The van der Waals surface area contributed by atoms with Crippen molar-refractivity contribution in [3.63, 3.8) is 0 Å². The number of fused-ring (bicyclic) bond motifs is 1. The first-order valence-electron chi connectivity index (χ1n) is 12.6. The number of para-hydroxylation sites is 1. The molecule has 0 atom stereocenters. The number of carbonyl (C=O) groups is 1. The van der Waals surface area contributed by atoms with Gasteiger partial charge in [0.25, 0.3) is 10.0 Å². The molecule has 1 aromatic heterocycles. The highest BCUT2D eigenvalue weighted by Crippen LogP contribution is 2.39. The van der Waals surface area contributed by atoms with Gasteiger partial charge in [0.15, 0.2) is 0 Å². The van der Waals surface area contributed by atoms with Crippen molar-refractivity contribution in [2.45, 2.75) is 31.1 Å². The number of aromatic amines is 1. The Morgan fingerprint density at radius 3 is 2.23 bits per heavy atom. The van der Waals surface area contributed by atoms with Gasteiger partial charge in [-0.05, 0) is 59.0 Å². The van der Waals surface area contributed by atoms with Gasteiger partial charge in [-0.1, -0.05) is 87.0 Å². The lowest BCUT2D eigenvalue weighted by atomic mass is 9.87. The molecule has 0 saturated heterocycles. The highest BCUT2D eigenvalue weighted by molar-refractivity contribution is 7.92. The minimum atomic E-state index is -3.84. The number of benzene rings is 4. The van der Waals surface area contributed by atoms with E-state index >= 15 is 0 Å². The summed E-state index contributed by atoms with van der Waals surface area (Å²) in [4.78, 5) is 16.1. The van der Waals surface area contributed by atoms with Gasteiger partial charge in [-0.3, -0.25) is 10.0 Å². The molecule has 1 amide bonds. The number of nitrogens with one attached hydrogen (secondary N) is 3. The van der Waals surface area contributed by atoms with Crippen molar-refractivity contribution in [3.05, 3.63) is 108 Å². The molecule has 0 saturated carbocycles. The highest BCUT2D eigenvalue weighted by atomic mass is 35.5. The molecule has 0 fully saturated rings. The molecule has 0 bridgehead atoms. The SMILES string of the molecule is CC(C)(C)c1ccc(S(=O)(=O)Nc2ccc3[nH]c(OC(=O)Nc4ccccc4Cl)c(-c4ccccc4)c3c2)cc1. The quantitative estimate of drug-likeness (QED) is 0.190. The number of aromatic nitrogens is 1. The smallest absolute Gasteiger partial charge is 0.392 e. The average molecular weight is 574 g/mol. The molecule has 204 valence electrons. The number of hydrogen-bond donors (Lipinski definition) is 3. The largest absolute Gasteiger partial charge is 0.418 e. The second-order valence-corrected chi connectivity index (χ2v) is 12.4. The Hall–Kier alpha value is -4.27. The van der Waals surface area contributed by atoms with E-state index in [1.165, 1.54) is 0 Å². The summed E-state index contributed by atoms with van der Waals surface area (Å²) in [6.45, 7) is 6.22. The van der Waals surface area contributed by atoms with Crippen LogP contribution in [-0.4, -0.2) is 19.5 Å². The van der Waals surface area contributed by atoms with Gasteiger partial charge in [-0.15, -0.1) is 0 Å². The molecule has 0 aliphatic heterocycles. The average Bonchev–Trinajstić information content (AvgIpc) is 3.26. The molecule has 40 heavy (non-hydrogen) atoms. The van der Waals surface area contributed by atoms with Gasteiger partial charge in [0.05, 0.1) is 21.2 Å². The molecule has 5 aromatic rings. The first-order valence-corrected chi connectivity index (χ1v) is 14.5. The Bertz CT molecular complexity index is 1790. The van der Waals surface area contributed by atoms with Crippen molar-refractivity contribution < 1.29 is 17.9 Å². The van der Waals surface area contributed by atoms with Crippen LogP contribution in [0, 0.1) is 0 Å². The Kier molecular flexibility index (Phi) is 7.31. The zero-order chi connectivity index (χ0) is 28.5. The van der Waals surface area contributed by atoms with E-state index in [9.17, 15) is 13.2 Å². The number of carbonyl (C=O) groups excluding carboxylic acids is 1. The summed E-state index contributed by atoms with van der Waals surface area (Å²) in [5.74, 6) is 0.212. The van der Waals surface area contributed by atoms with Crippen LogP contribution in [0.4, 0.5) is 16.2 Å². The first kappa shape index (κ1) is 27.3. The van der Waals surface area contributed by atoms with E-state index in [1.54, 1.807) is 54.6 Å². The number of halogens is 1. The van der Waals surface area contributed by atoms with Crippen LogP contribution in [0.3, 0.4) is 0 Å². The number of anilines is 2. The molecular formula is C31H28ClN3O4S. The number of hydrogen-bond acceptors (Lipinski definition) is 4. The summed E-state index contributed by atoms with van der Waals surface area (Å²) in [5, 5.41) is 3.71. The summed E-state index contributed by atoms with van der Waals surface area (Å²) in [6, 6.07) is 28.2. The van der Waals surface area contributed by atoms with Crippen LogP contribution < -0.4 is 14.8 Å². The van der Waals surface area contributed by atoms with Crippen LogP contribution in [-0.2, 0) is 15.4 Å². The van der Waals surface area contributed by atoms with Crippen LogP contribution in [0.15, 0.2) is 102 Å². The number of sulfonamides is 1. The predicted octanol–water partition coefficient (Wildman–Crippen LogP) is 8.20. The fraction of sp³-hybridized carbons (Fsp3) is 0.129. The van der Waals surface area contributed by atoms with Crippen LogP contribution >= 0.6 is 11.6 Å². The summed E-state index contributed by atoms with van der Waals surface area (Å²) in [6.07, 6.45) is -0.725. The molecule has 0 unspecified atom stereocenters. The van der Waals surface area contributed by atoms with E-state index in [1.807, 2.05) is 42.5 Å². The predicted molar refractivity (Wildman–Crippen MR) is 161 cm³/mol. The van der Waals surface area contributed by atoms with E-state index in [2.05, 4.69) is 35.8 Å².